The van der Waals surface area contributed by atoms with Crippen molar-refractivity contribution in [3.8, 4) is 5.75 Å². The van der Waals surface area contributed by atoms with E-state index in [1.165, 1.54) is 13.0 Å². The first-order valence-electron chi connectivity index (χ1n) is 22.4. The Morgan fingerprint density at radius 1 is 0.682 bits per heavy atom. The summed E-state index contributed by atoms with van der Waals surface area (Å²) in [7, 11) is 0. The zero-order chi connectivity index (χ0) is 47.8. The fraction of sp³-hybridized carbons (Fsp3) is 0.438. The number of fused-ring (bicyclic) bond motifs is 1. The summed E-state index contributed by atoms with van der Waals surface area (Å²) < 4.78 is 0.515. The van der Waals surface area contributed by atoms with Gasteiger partial charge < -0.3 is 52.0 Å². The molecular formula is C48H61IN8O9. The molecule has 354 valence electrons. The van der Waals surface area contributed by atoms with Crippen LogP contribution in [0.2, 0.25) is 0 Å². The fourth-order valence-corrected chi connectivity index (χ4v) is 8.34. The van der Waals surface area contributed by atoms with Gasteiger partial charge in [0.25, 0.3) is 0 Å². The lowest BCUT2D eigenvalue weighted by Crippen LogP contribution is -2.58. The molecule has 0 aliphatic carbocycles. The molecule has 18 heteroatoms. The Bertz CT molecular complexity index is 2310. The molecule has 5 rings (SSSR count). The number of halogens is 1. The molecular weight excluding hydrogens is 959 g/mol. The lowest BCUT2D eigenvalue weighted by atomic mass is 10.0. The number of benzene rings is 3. The number of nitrogens with zero attached hydrogens (tertiary/aromatic N) is 1. The average molecular weight is 1020 g/mol. The maximum atomic E-state index is 14.0. The van der Waals surface area contributed by atoms with E-state index in [0.29, 0.717) is 34.2 Å². The van der Waals surface area contributed by atoms with E-state index in [0.717, 1.165) is 42.1 Å². The zero-order valence-electron chi connectivity index (χ0n) is 37.5. The van der Waals surface area contributed by atoms with Gasteiger partial charge in [-0.1, -0.05) is 81.3 Å². The topological polar surface area (TPSA) is 251 Å². The van der Waals surface area contributed by atoms with Gasteiger partial charge in [-0.05, 0) is 89.6 Å². The van der Waals surface area contributed by atoms with E-state index in [-0.39, 0.29) is 49.9 Å². The maximum Gasteiger partial charge on any atom is 0.326 e. The largest absolute Gasteiger partial charge is 0.507 e. The van der Waals surface area contributed by atoms with Crippen molar-refractivity contribution in [3.05, 3.63) is 99.3 Å². The molecule has 66 heavy (non-hydrogen) atoms. The van der Waals surface area contributed by atoms with Crippen LogP contribution in [-0.4, -0.2) is 111 Å². The van der Waals surface area contributed by atoms with Crippen LogP contribution < -0.4 is 31.9 Å². The smallest absolute Gasteiger partial charge is 0.326 e. The van der Waals surface area contributed by atoms with Crippen LogP contribution in [0.15, 0.2) is 79.0 Å². The van der Waals surface area contributed by atoms with Gasteiger partial charge in [-0.25, -0.2) is 9.59 Å². The van der Waals surface area contributed by atoms with Gasteiger partial charge in [0.15, 0.2) is 0 Å². The molecule has 1 saturated heterocycles. The molecule has 0 bridgehead atoms. The second kappa shape index (κ2) is 24.9. The van der Waals surface area contributed by atoms with Crippen LogP contribution in [0.25, 0.3) is 10.9 Å². The lowest BCUT2D eigenvalue weighted by molar-refractivity contribution is -0.142. The van der Waals surface area contributed by atoms with E-state index in [9.17, 15) is 43.8 Å². The molecule has 0 saturated carbocycles. The molecule has 1 aromatic heterocycles. The van der Waals surface area contributed by atoms with Gasteiger partial charge in [0.1, 0.15) is 36.0 Å². The Labute approximate surface area is 398 Å². The summed E-state index contributed by atoms with van der Waals surface area (Å²) >= 11 is 1.93. The number of para-hydroxylation sites is 1. The molecule has 7 amide bonds. The highest BCUT2D eigenvalue weighted by Gasteiger charge is 2.32. The Morgan fingerprint density at radius 3 is 1.98 bits per heavy atom. The molecule has 1 aliphatic heterocycles. The number of carboxylic acid groups (broad SMARTS) is 1. The average Bonchev–Trinajstić information content (AvgIpc) is 3.48. The number of phenols is 1. The van der Waals surface area contributed by atoms with E-state index in [2.05, 4.69) is 36.9 Å². The van der Waals surface area contributed by atoms with Crippen LogP contribution in [0.4, 0.5) is 4.79 Å². The molecule has 9 N–H and O–H groups in total. The summed E-state index contributed by atoms with van der Waals surface area (Å²) in [6.07, 6.45) is 5.71. The van der Waals surface area contributed by atoms with Gasteiger partial charge >= 0.3 is 12.0 Å². The third-order valence-electron chi connectivity index (χ3n) is 11.4. The third kappa shape index (κ3) is 15.5. The minimum atomic E-state index is -1.29. The van der Waals surface area contributed by atoms with Crippen molar-refractivity contribution < 1.29 is 43.8 Å². The van der Waals surface area contributed by atoms with E-state index in [1.54, 1.807) is 53.6 Å². The number of hydrogen-bond donors (Lipinski definition) is 9. The molecule has 0 spiro atoms. The summed E-state index contributed by atoms with van der Waals surface area (Å²) in [5.41, 5.74) is 2.88. The predicted octanol–water partition coefficient (Wildman–Crippen LogP) is 4.06. The van der Waals surface area contributed by atoms with Crippen molar-refractivity contribution in [1.29, 1.82) is 0 Å². The molecule has 17 nitrogen and oxygen atoms in total. The van der Waals surface area contributed by atoms with E-state index in [4.69, 9.17) is 0 Å². The standard InChI is InChI=1S/C48H61IN8O9/c1-29(2)23-37(56-48(66)57-21-11-4-5-12-22-57)45(62)54-39(27-33-28-51-36-16-10-9-15-34(33)36)44(61)52-30(3)43(60)50-20-19-42(59)53-38(26-32-17-18-41(58)35(49)24-32)46(63)55-40(47(64)65)25-31-13-7-6-8-14-31/h6-10,13-18,24,28-30,37-40,51,58H,4-5,11-12,19-23,25-27H2,1-3H3,(H,50,60)(H,52,61)(H,53,59)(H,54,62)(H,55,63)(H,56,66)(H,64,65). The van der Waals surface area contributed by atoms with Crippen molar-refractivity contribution in [1.82, 2.24) is 41.8 Å². The minimum Gasteiger partial charge on any atom is -0.507 e. The number of likely N-dealkylation sites (tertiary alicyclic amines) is 1. The summed E-state index contributed by atoms with van der Waals surface area (Å²) in [5, 5.41) is 37.1. The molecule has 2 heterocycles. The number of carboxylic acids is 1. The highest BCUT2D eigenvalue weighted by atomic mass is 127. The Morgan fingerprint density at radius 2 is 1.30 bits per heavy atom. The number of aromatic nitrogens is 1. The number of carbonyl (C=O) groups excluding carboxylic acids is 6. The first-order valence-corrected chi connectivity index (χ1v) is 23.5. The minimum absolute atomic E-state index is 0.00626. The Kier molecular flexibility index (Phi) is 19.2. The van der Waals surface area contributed by atoms with Crippen molar-refractivity contribution in [2.24, 2.45) is 5.92 Å². The number of hydrogen-bond acceptors (Lipinski definition) is 8. The van der Waals surface area contributed by atoms with E-state index < -0.39 is 65.7 Å². The monoisotopic (exact) mass is 1020 g/mol. The molecule has 3 aromatic carbocycles. The summed E-state index contributed by atoms with van der Waals surface area (Å²) in [4.78, 5) is 98.7. The zero-order valence-corrected chi connectivity index (χ0v) is 39.7. The summed E-state index contributed by atoms with van der Waals surface area (Å²) in [5.74, 6) is -4.32. The summed E-state index contributed by atoms with van der Waals surface area (Å²) in [6, 6.07) is 15.0. The van der Waals surface area contributed by atoms with Crippen molar-refractivity contribution in [2.75, 3.05) is 19.6 Å². The molecule has 4 aromatic rings. The van der Waals surface area contributed by atoms with Crippen molar-refractivity contribution >= 4 is 75.0 Å². The van der Waals surface area contributed by atoms with Crippen LogP contribution in [0.5, 0.6) is 5.75 Å². The van der Waals surface area contributed by atoms with E-state index >= 15 is 0 Å². The van der Waals surface area contributed by atoms with Gasteiger partial charge in [0.2, 0.25) is 29.5 Å². The van der Waals surface area contributed by atoms with Crippen molar-refractivity contribution in [2.45, 2.75) is 109 Å². The number of aromatic amines is 1. The second-order valence-corrected chi connectivity index (χ2v) is 18.3. The molecule has 1 fully saturated rings. The quantitative estimate of drug-likeness (QED) is 0.0546. The third-order valence-corrected chi connectivity index (χ3v) is 12.2. The van der Waals surface area contributed by atoms with Crippen LogP contribution in [0.3, 0.4) is 0 Å². The highest BCUT2D eigenvalue weighted by Crippen LogP contribution is 2.22. The van der Waals surface area contributed by atoms with Gasteiger partial charge in [0, 0.05) is 62.4 Å². The summed E-state index contributed by atoms with van der Waals surface area (Å²) in [6.45, 7) is 6.37. The highest BCUT2D eigenvalue weighted by molar-refractivity contribution is 14.1. The van der Waals surface area contributed by atoms with Crippen LogP contribution in [-0.2, 0) is 48.0 Å². The van der Waals surface area contributed by atoms with Gasteiger partial charge in [-0.3, -0.25) is 24.0 Å². The molecule has 1 aliphatic rings. The number of aliphatic carboxylic acids is 1. The van der Waals surface area contributed by atoms with Crippen LogP contribution in [0.1, 0.15) is 76.0 Å². The second-order valence-electron chi connectivity index (χ2n) is 17.1. The maximum absolute atomic E-state index is 14.0. The van der Waals surface area contributed by atoms with E-state index in [1.807, 2.05) is 60.7 Å². The molecule has 5 unspecified atom stereocenters. The van der Waals surface area contributed by atoms with Crippen LogP contribution >= 0.6 is 22.6 Å². The van der Waals surface area contributed by atoms with Crippen molar-refractivity contribution in [3.63, 3.8) is 0 Å². The number of nitrogens with one attached hydrogen (secondary N) is 7. The number of aromatic hydroxyl groups is 1. The van der Waals surface area contributed by atoms with Gasteiger partial charge in [-0.15, -0.1) is 0 Å². The number of amides is 7. The number of urea groups is 1. The Balaban J connectivity index is 1.22. The number of phenolic OH excluding ortho intramolecular Hbond substituents is 1. The Hall–Kier alpha value is -6.18. The fourth-order valence-electron chi connectivity index (χ4n) is 7.76. The SMILES string of the molecule is CC(C)CC(NC(=O)N1CCCCCC1)C(=O)NC(Cc1c[nH]c2ccccc12)C(=O)NC(C)C(=O)NCCC(=O)NC(Cc1ccc(O)c(I)c1)C(=O)NC(Cc1ccccc1)C(=O)O. The molecule has 0 radical (unpaired) electrons. The molecule has 5 atom stereocenters. The first-order chi connectivity index (χ1) is 31.6. The number of H-pyrrole nitrogens is 1. The number of rotatable bonds is 21. The van der Waals surface area contributed by atoms with Gasteiger partial charge in [0.05, 0.1) is 3.57 Å². The van der Waals surface area contributed by atoms with Gasteiger partial charge in [-0.2, -0.15) is 0 Å². The lowest BCUT2D eigenvalue weighted by Gasteiger charge is -2.28. The van der Waals surface area contributed by atoms with Crippen LogP contribution in [0, 0.1) is 9.49 Å². The normalized spacial score (nSPS) is 15.0. The predicted molar refractivity (Wildman–Crippen MR) is 257 cm³/mol. The number of carbonyl (C=O) groups is 7. The first kappa shape index (κ1) is 50.8.